The van der Waals surface area contributed by atoms with Crippen LogP contribution in [0.15, 0.2) is 0 Å². The highest BCUT2D eigenvalue weighted by molar-refractivity contribution is 5.94. The van der Waals surface area contributed by atoms with Crippen LogP contribution in [0.4, 0.5) is 0 Å². The average molecular weight is 348 g/mol. The van der Waals surface area contributed by atoms with E-state index in [1.807, 2.05) is 5.32 Å². The lowest BCUT2D eigenvalue weighted by Gasteiger charge is -2.21. The third-order valence-corrected chi connectivity index (χ3v) is 2.85. The Morgan fingerprint density at radius 2 is 1.50 bits per heavy atom. The lowest BCUT2D eigenvalue weighted by Crippen LogP contribution is -2.55. The highest BCUT2D eigenvalue weighted by Gasteiger charge is 2.29. The van der Waals surface area contributed by atoms with Gasteiger partial charge in [0.1, 0.15) is 12.1 Å². The van der Waals surface area contributed by atoms with E-state index in [1.54, 1.807) is 0 Å². The predicted molar refractivity (Wildman–Crippen MR) is 77.2 cm³/mol. The molecule has 0 rings (SSSR count). The van der Waals surface area contributed by atoms with E-state index in [0.717, 1.165) is 0 Å². The molecule has 3 atom stereocenters. The van der Waals surface area contributed by atoms with Crippen LogP contribution in [0.5, 0.6) is 0 Å². The van der Waals surface area contributed by atoms with Gasteiger partial charge in [-0.15, -0.1) is 0 Å². The molecule has 0 aliphatic heterocycles. The van der Waals surface area contributed by atoms with Gasteiger partial charge in [-0.25, -0.2) is 4.79 Å². The zero-order valence-corrected chi connectivity index (χ0v) is 12.6. The molecule has 24 heavy (non-hydrogen) atoms. The number of aliphatic carboxylic acids is 2. The van der Waals surface area contributed by atoms with E-state index in [-0.39, 0.29) is 12.8 Å². The number of primary amides is 1. The number of amides is 3. The van der Waals surface area contributed by atoms with Gasteiger partial charge in [0.25, 0.3) is 0 Å². The van der Waals surface area contributed by atoms with E-state index in [4.69, 9.17) is 26.8 Å². The Labute approximate surface area is 136 Å². The second kappa shape index (κ2) is 10.1. The van der Waals surface area contributed by atoms with Gasteiger partial charge in [0.05, 0.1) is 19.1 Å². The molecule has 0 aromatic carbocycles. The molecule has 12 nitrogen and oxygen atoms in total. The maximum Gasteiger partial charge on any atom is 0.328 e. The van der Waals surface area contributed by atoms with Gasteiger partial charge in [0.2, 0.25) is 17.7 Å². The van der Waals surface area contributed by atoms with Gasteiger partial charge in [-0.2, -0.15) is 0 Å². The van der Waals surface area contributed by atoms with Crippen molar-refractivity contribution in [1.29, 1.82) is 0 Å². The molecule has 0 unspecified atom stereocenters. The summed E-state index contributed by atoms with van der Waals surface area (Å²) < 4.78 is 0. The predicted octanol–water partition coefficient (Wildman–Crippen LogP) is -3.90. The molecule has 12 heteroatoms. The van der Waals surface area contributed by atoms with Crippen molar-refractivity contribution in [1.82, 2.24) is 10.6 Å². The van der Waals surface area contributed by atoms with Crippen molar-refractivity contribution >= 4 is 29.7 Å². The van der Waals surface area contributed by atoms with Crippen LogP contribution in [0.3, 0.4) is 0 Å². The quantitative estimate of drug-likeness (QED) is 0.193. The van der Waals surface area contributed by atoms with Gasteiger partial charge >= 0.3 is 11.9 Å². The fraction of sp³-hybridized carbons (Fsp3) is 0.583. The van der Waals surface area contributed by atoms with Crippen LogP contribution in [0.2, 0.25) is 0 Å². The number of aliphatic hydroxyl groups excluding tert-OH is 1. The van der Waals surface area contributed by atoms with Crippen LogP contribution in [-0.2, 0) is 24.0 Å². The fourth-order valence-electron chi connectivity index (χ4n) is 1.55. The molecular weight excluding hydrogens is 328 g/mol. The van der Waals surface area contributed by atoms with Crippen molar-refractivity contribution in [3.05, 3.63) is 0 Å². The van der Waals surface area contributed by atoms with Crippen LogP contribution >= 0.6 is 0 Å². The molecule has 0 spiro atoms. The first-order valence-electron chi connectivity index (χ1n) is 6.78. The van der Waals surface area contributed by atoms with Crippen LogP contribution < -0.4 is 22.1 Å². The molecule has 0 aliphatic rings. The van der Waals surface area contributed by atoms with Gasteiger partial charge in [-0.1, -0.05) is 0 Å². The SMILES string of the molecule is NC(=O)CC[C@H](N)C(=O)N[C@@H](CC(=O)O)C(=O)N[C@@H](CO)C(=O)O. The second-order valence-electron chi connectivity index (χ2n) is 4.85. The minimum Gasteiger partial charge on any atom is -0.481 e. The van der Waals surface area contributed by atoms with Crippen molar-refractivity contribution in [2.24, 2.45) is 11.5 Å². The molecule has 136 valence electrons. The first kappa shape index (κ1) is 21.3. The Bertz CT molecular complexity index is 509. The maximum atomic E-state index is 11.9. The number of carboxylic acids is 2. The van der Waals surface area contributed by atoms with Crippen molar-refractivity contribution < 1.29 is 39.3 Å². The second-order valence-corrected chi connectivity index (χ2v) is 4.85. The summed E-state index contributed by atoms with van der Waals surface area (Å²) in [6, 6.07) is -4.48. The number of hydrogen-bond donors (Lipinski definition) is 7. The van der Waals surface area contributed by atoms with Crippen LogP contribution in [0.25, 0.3) is 0 Å². The summed E-state index contributed by atoms with van der Waals surface area (Å²) in [6.07, 6.45) is -1.13. The molecule has 9 N–H and O–H groups in total. The molecule has 0 fully saturated rings. The third kappa shape index (κ3) is 8.05. The molecule has 0 saturated heterocycles. The number of rotatable bonds is 11. The fourth-order valence-corrected chi connectivity index (χ4v) is 1.55. The summed E-state index contributed by atoms with van der Waals surface area (Å²) in [7, 11) is 0. The highest BCUT2D eigenvalue weighted by Crippen LogP contribution is 1.99. The summed E-state index contributed by atoms with van der Waals surface area (Å²) in [5, 5.41) is 30.3. The minimum absolute atomic E-state index is 0.114. The number of hydrogen-bond acceptors (Lipinski definition) is 7. The van der Waals surface area contributed by atoms with Gasteiger partial charge in [0, 0.05) is 6.42 Å². The van der Waals surface area contributed by atoms with Crippen molar-refractivity contribution in [3.63, 3.8) is 0 Å². The minimum atomic E-state index is -1.66. The summed E-state index contributed by atoms with van der Waals surface area (Å²) in [6.45, 7) is -0.924. The molecule has 0 saturated carbocycles. The summed E-state index contributed by atoms with van der Waals surface area (Å²) >= 11 is 0. The zero-order chi connectivity index (χ0) is 18.9. The standard InChI is InChI=1S/C12H20N4O8/c13-5(1-2-8(14)18)10(21)15-6(3-9(19)20)11(22)16-7(4-17)12(23)24/h5-7,17H,1-4,13H2,(H2,14,18)(H,15,21)(H,16,22)(H,19,20)(H,23,24)/t5-,6-,7-/m0/s1. The topological polar surface area (TPSA) is 222 Å². The van der Waals surface area contributed by atoms with Crippen LogP contribution in [0, 0.1) is 0 Å². The summed E-state index contributed by atoms with van der Waals surface area (Å²) in [4.78, 5) is 55.9. The first-order chi connectivity index (χ1) is 11.1. The summed E-state index contributed by atoms with van der Waals surface area (Å²) in [5.74, 6) is -5.69. The van der Waals surface area contributed by atoms with E-state index in [2.05, 4.69) is 5.32 Å². The molecule has 3 amide bonds. The number of carbonyl (C=O) groups excluding carboxylic acids is 3. The number of carboxylic acid groups (broad SMARTS) is 2. The molecule has 0 aromatic heterocycles. The normalized spacial score (nSPS) is 14.1. The van der Waals surface area contributed by atoms with Gasteiger partial charge < -0.3 is 37.4 Å². The van der Waals surface area contributed by atoms with E-state index < -0.39 is 60.8 Å². The Balaban J connectivity index is 4.90. The van der Waals surface area contributed by atoms with Gasteiger partial charge in [-0.3, -0.25) is 19.2 Å². The van der Waals surface area contributed by atoms with E-state index in [0.29, 0.717) is 0 Å². The Morgan fingerprint density at radius 3 is 1.92 bits per heavy atom. The van der Waals surface area contributed by atoms with Gasteiger partial charge in [-0.05, 0) is 6.42 Å². The smallest absolute Gasteiger partial charge is 0.328 e. The molecule has 0 aliphatic carbocycles. The molecular formula is C12H20N4O8. The molecule has 0 aromatic rings. The van der Waals surface area contributed by atoms with E-state index >= 15 is 0 Å². The molecule has 0 bridgehead atoms. The molecule has 0 radical (unpaired) electrons. The van der Waals surface area contributed by atoms with Crippen LogP contribution in [-0.4, -0.2) is 69.7 Å². The average Bonchev–Trinajstić information content (AvgIpc) is 2.48. The molecule has 0 heterocycles. The van der Waals surface area contributed by atoms with Gasteiger partial charge in [0.15, 0.2) is 0 Å². The highest BCUT2D eigenvalue weighted by atomic mass is 16.4. The van der Waals surface area contributed by atoms with Crippen molar-refractivity contribution in [2.75, 3.05) is 6.61 Å². The monoisotopic (exact) mass is 348 g/mol. The lowest BCUT2D eigenvalue weighted by atomic mass is 10.1. The van der Waals surface area contributed by atoms with Crippen LogP contribution in [0.1, 0.15) is 19.3 Å². The lowest BCUT2D eigenvalue weighted by molar-refractivity contribution is -0.144. The first-order valence-corrected chi connectivity index (χ1v) is 6.78. The Kier molecular flexibility index (Phi) is 8.97. The van der Waals surface area contributed by atoms with E-state index in [1.165, 1.54) is 0 Å². The van der Waals surface area contributed by atoms with Crippen molar-refractivity contribution in [2.45, 2.75) is 37.4 Å². The Hall–Kier alpha value is -2.73. The Morgan fingerprint density at radius 1 is 0.958 bits per heavy atom. The van der Waals surface area contributed by atoms with E-state index in [9.17, 15) is 24.0 Å². The van der Waals surface area contributed by atoms with Crippen molar-refractivity contribution in [3.8, 4) is 0 Å². The largest absolute Gasteiger partial charge is 0.481 e. The maximum absolute atomic E-state index is 11.9. The number of nitrogens with two attached hydrogens (primary N) is 2. The number of carbonyl (C=O) groups is 5. The number of nitrogens with one attached hydrogen (secondary N) is 2. The number of aliphatic hydroxyl groups is 1. The zero-order valence-electron chi connectivity index (χ0n) is 12.6. The summed E-state index contributed by atoms with van der Waals surface area (Å²) in [5.41, 5.74) is 10.4. The third-order valence-electron chi connectivity index (χ3n) is 2.85.